The topological polar surface area (TPSA) is 103 Å². The molecule has 4 rings (SSSR count). The molecule has 0 saturated heterocycles. The van der Waals surface area contributed by atoms with Gasteiger partial charge in [0.15, 0.2) is 0 Å². The third kappa shape index (κ3) is 6.42. The van der Waals surface area contributed by atoms with Gasteiger partial charge in [-0.3, -0.25) is 9.59 Å². The number of anilines is 2. The Hall–Kier alpha value is -4.00. The molecule has 0 aliphatic carbocycles. The van der Waals surface area contributed by atoms with Crippen molar-refractivity contribution in [3.63, 3.8) is 0 Å². The summed E-state index contributed by atoms with van der Waals surface area (Å²) < 4.78 is 5.43. The Bertz CT molecular complexity index is 1360. The molecule has 1 atom stereocenters. The molecule has 2 heterocycles. The van der Waals surface area contributed by atoms with Crippen LogP contribution in [0.25, 0.3) is 0 Å². The summed E-state index contributed by atoms with van der Waals surface area (Å²) in [5, 5.41) is 21.7. The Morgan fingerprint density at radius 2 is 1.78 bits per heavy atom. The lowest BCUT2D eigenvalue weighted by Crippen LogP contribution is -2.30. The number of amides is 2. The summed E-state index contributed by atoms with van der Waals surface area (Å²) in [6.45, 7) is 4.30. The van der Waals surface area contributed by atoms with Gasteiger partial charge in [0.1, 0.15) is 5.75 Å². The van der Waals surface area contributed by atoms with Crippen molar-refractivity contribution in [3.05, 3.63) is 98.9 Å². The predicted octanol–water partition coefficient (Wildman–Crippen LogP) is 5.85. The Balaban J connectivity index is 1.52. The number of dihydropyridines is 1. The molecular weight excluding hydrogens is 504 g/mol. The molecule has 188 valence electrons. The van der Waals surface area contributed by atoms with Crippen LogP contribution in [0.2, 0.25) is 0 Å². The third-order valence-corrected chi connectivity index (χ3v) is 7.50. The van der Waals surface area contributed by atoms with Gasteiger partial charge in [0.25, 0.3) is 5.91 Å². The fourth-order valence-electron chi connectivity index (χ4n) is 3.92. The van der Waals surface area contributed by atoms with Crippen molar-refractivity contribution in [3.8, 4) is 11.8 Å². The van der Waals surface area contributed by atoms with Crippen molar-refractivity contribution in [1.82, 2.24) is 5.32 Å². The molecule has 0 spiro atoms. The number of hydrogen-bond acceptors (Lipinski definition) is 7. The maximum absolute atomic E-state index is 13.4. The highest BCUT2D eigenvalue weighted by Gasteiger charge is 2.35. The SMILES string of the molecule is CCOc1ccc(NC(=O)CSC2=C(C#N)[C@@H](c3cccs3)C(C(=O)Nc3ccccc3)=C(C)N2)cc1. The molecule has 1 aliphatic rings. The normalized spacial score (nSPS) is 15.0. The quantitative estimate of drug-likeness (QED) is 0.321. The smallest absolute Gasteiger partial charge is 0.254 e. The van der Waals surface area contributed by atoms with Crippen LogP contribution in [0.3, 0.4) is 0 Å². The lowest BCUT2D eigenvalue weighted by atomic mass is 9.86. The van der Waals surface area contributed by atoms with Crippen LogP contribution in [0.4, 0.5) is 11.4 Å². The van der Waals surface area contributed by atoms with Gasteiger partial charge in [-0.15, -0.1) is 11.3 Å². The second kappa shape index (κ2) is 12.3. The van der Waals surface area contributed by atoms with E-state index in [1.54, 1.807) is 24.3 Å². The summed E-state index contributed by atoms with van der Waals surface area (Å²) in [6.07, 6.45) is 0. The average molecular weight is 531 g/mol. The van der Waals surface area contributed by atoms with E-state index in [-0.39, 0.29) is 17.6 Å². The zero-order chi connectivity index (χ0) is 26.2. The highest BCUT2D eigenvalue weighted by molar-refractivity contribution is 8.03. The molecule has 1 aliphatic heterocycles. The molecule has 9 heteroatoms. The number of ether oxygens (including phenoxy) is 1. The monoisotopic (exact) mass is 530 g/mol. The van der Waals surface area contributed by atoms with Crippen LogP contribution in [-0.4, -0.2) is 24.2 Å². The van der Waals surface area contributed by atoms with E-state index in [0.717, 1.165) is 10.6 Å². The van der Waals surface area contributed by atoms with Gasteiger partial charge in [-0.2, -0.15) is 5.26 Å². The summed E-state index contributed by atoms with van der Waals surface area (Å²) in [4.78, 5) is 26.9. The molecule has 37 heavy (non-hydrogen) atoms. The van der Waals surface area contributed by atoms with Gasteiger partial charge in [-0.25, -0.2) is 0 Å². The highest BCUT2D eigenvalue weighted by Crippen LogP contribution is 2.42. The number of nitriles is 1. The van der Waals surface area contributed by atoms with Crippen LogP contribution in [0, 0.1) is 11.3 Å². The van der Waals surface area contributed by atoms with E-state index in [4.69, 9.17) is 4.74 Å². The predicted molar refractivity (Wildman–Crippen MR) is 149 cm³/mol. The first kappa shape index (κ1) is 26.1. The maximum Gasteiger partial charge on any atom is 0.254 e. The number of carbonyl (C=O) groups is 2. The number of rotatable bonds is 9. The summed E-state index contributed by atoms with van der Waals surface area (Å²) in [7, 11) is 0. The third-order valence-electron chi connectivity index (χ3n) is 5.55. The van der Waals surface area contributed by atoms with Gasteiger partial charge >= 0.3 is 0 Å². The van der Waals surface area contributed by atoms with Crippen molar-refractivity contribution >= 4 is 46.3 Å². The Morgan fingerprint density at radius 3 is 2.43 bits per heavy atom. The van der Waals surface area contributed by atoms with E-state index in [2.05, 4.69) is 22.0 Å². The largest absolute Gasteiger partial charge is 0.494 e. The maximum atomic E-state index is 13.4. The highest BCUT2D eigenvalue weighted by atomic mass is 32.2. The molecule has 0 fully saturated rings. The second-order valence-electron chi connectivity index (χ2n) is 8.08. The van der Waals surface area contributed by atoms with Gasteiger partial charge in [-0.1, -0.05) is 36.0 Å². The number of hydrogen-bond donors (Lipinski definition) is 3. The van der Waals surface area contributed by atoms with E-state index >= 15 is 0 Å². The van der Waals surface area contributed by atoms with Crippen molar-refractivity contribution in [1.29, 1.82) is 5.26 Å². The van der Waals surface area contributed by atoms with Crippen LogP contribution >= 0.6 is 23.1 Å². The molecule has 1 aromatic heterocycles. The molecule has 3 aromatic rings. The van der Waals surface area contributed by atoms with E-state index in [0.29, 0.717) is 39.9 Å². The van der Waals surface area contributed by atoms with Crippen LogP contribution in [0.5, 0.6) is 5.75 Å². The zero-order valence-corrected chi connectivity index (χ0v) is 22.0. The first-order chi connectivity index (χ1) is 18.0. The van der Waals surface area contributed by atoms with Crippen LogP contribution in [0.1, 0.15) is 24.6 Å². The van der Waals surface area contributed by atoms with Crippen molar-refractivity contribution in [2.24, 2.45) is 0 Å². The Morgan fingerprint density at radius 1 is 1.05 bits per heavy atom. The fraction of sp³-hybridized carbons (Fsp3) is 0.179. The van der Waals surface area contributed by atoms with E-state index in [9.17, 15) is 14.9 Å². The van der Waals surface area contributed by atoms with E-state index in [1.807, 2.05) is 61.7 Å². The summed E-state index contributed by atoms with van der Waals surface area (Å²) in [5.41, 5.74) is 2.86. The first-order valence-corrected chi connectivity index (χ1v) is 13.5. The lowest BCUT2D eigenvalue weighted by molar-refractivity contribution is -0.114. The number of benzene rings is 2. The molecule has 0 radical (unpaired) electrons. The number of carbonyl (C=O) groups excluding carboxylic acids is 2. The summed E-state index contributed by atoms with van der Waals surface area (Å²) in [5.74, 6) is -0.190. The molecule has 2 amide bonds. The number of nitrogens with one attached hydrogen (secondary N) is 3. The van der Waals surface area contributed by atoms with Crippen LogP contribution in [0.15, 0.2) is 94.0 Å². The molecule has 0 unspecified atom stereocenters. The standard InChI is InChI=1S/C28H26N4O3S2/c1-3-35-21-13-11-20(12-14-21)31-24(33)17-37-28-22(16-29)26(23-10-7-15-36-23)25(18(2)30-28)27(34)32-19-8-5-4-6-9-19/h4-15,26,30H,3,17H2,1-2H3,(H,31,33)(H,32,34)/t26-/m0/s1. The molecule has 0 saturated carbocycles. The minimum absolute atomic E-state index is 0.0940. The summed E-state index contributed by atoms with van der Waals surface area (Å²) >= 11 is 2.72. The summed E-state index contributed by atoms with van der Waals surface area (Å²) in [6, 6.07) is 22.5. The van der Waals surface area contributed by atoms with E-state index in [1.165, 1.54) is 23.1 Å². The Kier molecular flexibility index (Phi) is 8.67. The zero-order valence-electron chi connectivity index (χ0n) is 20.4. The number of para-hydroxylation sites is 1. The number of allylic oxidation sites excluding steroid dienone is 2. The van der Waals surface area contributed by atoms with Gasteiger partial charge < -0.3 is 20.7 Å². The van der Waals surface area contributed by atoms with Gasteiger partial charge in [-0.05, 0) is 61.7 Å². The molecule has 7 nitrogen and oxygen atoms in total. The van der Waals surface area contributed by atoms with E-state index < -0.39 is 5.92 Å². The average Bonchev–Trinajstić information content (AvgIpc) is 3.43. The minimum Gasteiger partial charge on any atom is -0.494 e. The lowest BCUT2D eigenvalue weighted by Gasteiger charge is -2.29. The first-order valence-electron chi connectivity index (χ1n) is 11.7. The fourth-order valence-corrected chi connectivity index (χ4v) is 5.66. The minimum atomic E-state index is -0.536. The van der Waals surface area contributed by atoms with Crippen molar-refractivity contribution in [2.45, 2.75) is 19.8 Å². The van der Waals surface area contributed by atoms with Gasteiger partial charge in [0.05, 0.1) is 34.9 Å². The second-order valence-corrected chi connectivity index (χ2v) is 10.0. The van der Waals surface area contributed by atoms with Crippen LogP contribution < -0.4 is 20.7 Å². The molecule has 0 bridgehead atoms. The molecule has 2 aromatic carbocycles. The Labute approximate surface area is 224 Å². The van der Waals surface area contributed by atoms with Crippen molar-refractivity contribution in [2.75, 3.05) is 23.0 Å². The van der Waals surface area contributed by atoms with Gasteiger partial charge in [0, 0.05) is 27.5 Å². The number of thiophene rings is 1. The van der Waals surface area contributed by atoms with Gasteiger partial charge in [0.2, 0.25) is 5.91 Å². The molecule has 3 N–H and O–H groups in total. The number of nitrogens with zero attached hydrogens (tertiary/aromatic N) is 1. The van der Waals surface area contributed by atoms with Crippen LogP contribution in [-0.2, 0) is 9.59 Å². The molecular formula is C28H26N4O3S2. The van der Waals surface area contributed by atoms with Crippen molar-refractivity contribution < 1.29 is 14.3 Å². The number of thioether (sulfide) groups is 1.